The van der Waals surface area contributed by atoms with Crippen LogP contribution in [0.5, 0.6) is 11.5 Å². The number of rotatable bonds is 4. The number of hydrogen-bond donors (Lipinski definition) is 0. The number of ether oxygens (including phenoxy) is 2. The van der Waals surface area contributed by atoms with Gasteiger partial charge in [-0.3, -0.25) is 4.79 Å². The zero-order valence-corrected chi connectivity index (χ0v) is 11.5. The fourth-order valence-corrected chi connectivity index (χ4v) is 2.41. The van der Waals surface area contributed by atoms with Gasteiger partial charge >= 0.3 is 0 Å². The summed E-state index contributed by atoms with van der Waals surface area (Å²) in [6.45, 7) is 0. The molecule has 4 nitrogen and oxygen atoms in total. The summed E-state index contributed by atoms with van der Waals surface area (Å²) >= 11 is 3.42. The molecule has 0 aliphatic rings. The van der Waals surface area contributed by atoms with Crippen LogP contribution in [0.2, 0.25) is 0 Å². The minimum atomic E-state index is 0.269. The lowest BCUT2D eigenvalue weighted by Gasteiger charge is -2.12. The highest BCUT2D eigenvalue weighted by molar-refractivity contribution is 9.10. The lowest BCUT2D eigenvalue weighted by atomic mass is 10.1. The third-order valence-electron chi connectivity index (χ3n) is 2.58. The lowest BCUT2D eigenvalue weighted by Crippen LogP contribution is -1.93. The Hall–Kier alpha value is -1.75. The maximum absolute atomic E-state index is 10.9. The van der Waals surface area contributed by atoms with Crippen molar-refractivity contribution >= 4 is 22.2 Å². The molecule has 0 saturated heterocycles. The molecule has 0 atom stereocenters. The van der Waals surface area contributed by atoms with Gasteiger partial charge in [0.1, 0.15) is 16.0 Å². The summed E-state index contributed by atoms with van der Waals surface area (Å²) in [7, 11) is 3.14. The Bertz CT molecular complexity index is 574. The molecule has 0 saturated carbocycles. The Labute approximate surface area is 113 Å². The van der Waals surface area contributed by atoms with Crippen LogP contribution >= 0.6 is 15.9 Å². The third-order valence-corrected chi connectivity index (χ3v) is 3.33. The van der Waals surface area contributed by atoms with E-state index in [1.165, 1.54) is 6.26 Å². The van der Waals surface area contributed by atoms with Crippen molar-refractivity contribution in [1.29, 1.82) is 0 Å². The molecule has 0 aliphatic heterocycles. The van der Waals surface area contributed by atoms with Crippen molar-refractivity contribution in [2.75, 3.05) is 14.2 Å². The van der Waals surface area contributed by atoms with Gasteiger partial charge in [0, 0.05) is 11.1 Å². The van der Waals surface area contributed by atoms with E-state index in [0.29, 0.717) is 27.8 Å². The van der Waals surface area contributed by atoms with E-state index in [2.05, 4.69) is 15.9 Å². The van der Waals surface area contributed by atoms with Crippen molar-refractivity contribution < 1.29 is 18.7 Å². The van der Waals surface area contributed by atoms with Gasteiger partial charge in [-0.2, -0.15) is 0 Å². The molecule has 0 amide bonds. The van der Waals surface area contributed by atoms with Gasteiger partial charge in [-0.25, -0.2) is 0 Å². The third kappa shape index (κ3) is 2.01. The Morgan fingerprint density at radius 1 is 1.17 bits per heavy atom. The molecule has 0 radical (unpaired) electrons. The van der Waals surface area contributed by atoms with Gasteiger partial charge in [0.05, 0.1) is 20.5 Å². The molecular formula is C13H11BrO4. The average Bonchev–Trinajstić information content (AvgIpc) is 2.86. The maximum atomic E-state index is 10.9. The largest absolute Gasteiger partial charge is 0.495 e. The number of aldehydes is 1. The monoisotopic (exact) mass is 310 g/mol. The smallest absolute Gasteiger partial charge is 0.185 e. The normalized spacial score (nSPS) is 10.2. The molecule has 0 aliphatic carbocycles. The summed E-state index contributed by atoms with van der Waals surface area (Å²) in [6.07, 6.45) is 2.14. The average molecular weight is 311 g/mol. The standard InChI is InChI=1S/C13H11BrO4/c1-16-10-4-3-9(13(17-2)12(10)14)8-5-6-18-11(8)7-15/h3-7H,1-2H3. The quantitative estimate of drug-likeness (QED) is 0.810. The number of benzene rings is 1. The van der Waals surface area contributed by atoms with Gasteiger partial charge in [-0.15, -0.1) is 0 Å². The Morgan fingerprint density at radius 2 is 1.94 bits per heavy atom. The molecule has 0 unspecified atom stereocenters. The van der Waals surface area contributed by atoms with Crippen molar-refractivity contribution in [3.05, 3.63) is 34.7 Å². The van der Waals surface area contributed by atoms with Crippen LogP contribution in [0, 0.1) is 0 Å². The van der Waals surface area contributed by atoms with Crippen molar-refractivity contribution in [1.82, 2.24) is 0 Å². The van der Waals surface area contributed by atoms with E-state index in [-0.39, 0.29) is 5.76 Å². The summed E-state index contributed by atoms with van der Waals surface area (Å²) in [5, 5.41) is 0. The second-order valence-electron chi connectivity index (χ2n) is 3.48. The number of methoxy groups -OCH3 is 2. The molecule has 0 bridgehead atoms. The van der Waals surface area contributed by atoms with Gasteiger partial charge in [0.15, 0.2) is 12.0 Å². The zero-order valence-electron chi connectivity index (χ0n) is 9.90. The van der Waals surface area contributed by atoms with E-state index < -0.39 is 0 Å². The number of halogens is 1. The minimum Gasteiger partial charge on any atom is -0.495 e. The van der Waals surface area contributed by atoms with E-state index >= 15 is 0 Å². The van der Waals surface area contributed by atoms with Crippen LogP contribution in [-0.4, -0.2) is 20.5 Å². The predicted octanol–water partition coefficient (Wildman–Crippen LogP) is 3.54. The Kier molecular flexibility index (Phi) is 3.72. The topological polar surface area (TPSA) is 48.7 Å². The molecule has 5 heteroatoms. The first-order valence-electron chi connectivity index (χ1n) is 5.16. The van der Waals surface area contributed by atoms with Crippen LogP contribution in [0.3, 0.4) is 0 Å². The van der Waals surface area contributed by atoms with Crippen LogP contribution in [0.15, 0.2) is 33.4 Å². The first-order chi connectivity index (χ1) is 8.72. The highest BCUT2D eigenvalue weighted by Gasteiger charge is 2.17. The lowest BCUT2D eigenvalue weighted by molar-refractivity contribution is 0.110. The van der Waals surface area contributed by atoms with Crippen molar-refractivity contribution in [2.45, 2.75) is 0 Å². The second kappa shape index (κ2) is 5.27. The summed E-state index contributed by atoms with van der Waals surface area (Å²) in [6, 6.07) is 5.34. The Balaban J connectivity index is 2.65. The van der Waals surface area contributed by atoms with Crippen LogP contribution in [0.25, 0.3) is 11.1 Å². The number of carbonyl (C=O) groups is 1. The molecule has 2 rings (SSSR count). The molecular weight excluding hydrogens is 300 g/mol. The molecule has 18 heavy (non-hydrogen) atoms. The summed E-state index contributed by atoms with van der Waals surface area (Å²) in [5.41, 5.74) is 1.45. The highest BCUT2D eigenvalue weighted by Crippen LogP contribution is 2.42. The molecule has 1 heterocycles. The number of carbonyl (C=O) groups excluding carboxylic acids is 1. The molecule has 0 spiro atoms. The summed E-state index contributed by atoms with van der Waals surface area (Å²) < 4.78 is 16.3. The van der Waals surface area contributed by atoms with E-state index in [0.717, 1.165) is 5.56 Å². The molecule has 0 fully saturated rings. The van der Waals surface area contributed by atoms with Gasteiger partial charge in [0.2, 0.25) is 0 Å². The number of furan rings is 1. The van der Waals surface area contributed by atoms with Crippen LogP contribution in [-0.2, 0) is 0 Å². The van der Waals surface area contributed by atoms with E-state index in [1.54, 1.807) is 26.4 Å². The summed E-state index contributed by atoms with van der Waals surface area (Å²) in [4.78, 5) is 10.9. The van der Waals surface area contributed by atoms with Crippen LogP contribution in [0.4, 0.5) is 0 Å². The van der Waals surface area contributed by atoms with Gasteiger partial charge in [-0.05, 0) is 34.1 Å². The Morgan fingerprint density at radius 3 is 2.56 bits per heavy atom. The van der Waals surface area contributed by atoms with E-state index in [1.807, 2.05) is 6.07 Å². The number of hydrogen-bond acceptors (Lipinski definition) is 4. The summed E-state index contributed by atoms with van der Waals surface area (Å²) in [5.74, 6) is 1.52. The fourth-order valence-electron chi connectivity index (χ4n) is 1.74. The van der Waals surface area contributed by atoms with Crippen molar-refractivity contribution in [3.8, 4) is 22.6 Å². The van der Waals surface area contributed by atoms with E-state index in [9.17, 15) is 4.79 Å². The van der Waals surface area contributed by atoms with Crippen molar-refractivity contribution in [3.63, 3.8) is 0 Å². The van der Waals surface area contributed by atoms with Crippen LogP contribution in [0.1, 0.15) is 10.6 Å². The fraction of sp³-hybridized carbons (Fsp3) is 0.154. The molecule has 94 valence electrons. The predicted molar refractivity (Wildman–Crippen MR) is 70.3 cm³/mol. The second-order valence-corrected chi connectivity index (χ2v) is 4.27. The van der Waals surface area contributed by atoms with Gasteiger partial charge in [0.25, 0.3) is 0 Å². The molecule has 2 aromatic rings. The first-order valence-corrected chi connectivity index (χ1v) is 5.95. The SMILES string of the molecule is COc1ccc(-c2ccoc2C=O)c(OC)c1Br. The first kappa shape index (κ1) is 12.7. The van der Waals surface area contributed by atoms with Crippen LogP contribution < -0.4 is 9.47 Å². The van der Waals surface area contributed by atoms with E-state index in [4.69, 9.17) is 13.9 Å². The van der Waals surface area contributed by atoms with Gasteiger partial charge < -0.3 is 13.9 Å². The molecule has 1 aromatic carbocycles. The molecule has 1 aromatic heterocycles. The molecule has 0 N–H and O–H groups in total. The van der Waals surface area contributed by atoms with Gasteiger partial charge in [-0.1, -0.05) is 0 Å². The highest BCUT2D eigenvalue weighted by atomic mass is 79.9. The van der Waals surface area contributed by atoms with Crippen molar-refractivity contribution in [2.24, 2.45) is 0 Å². The zero-order chi connectivity index (χ0) is 13.1. The maximum Gasteiger partial charge on any atom is 0.185 e. The minimum absolute atomic E-state index is 0.269.